The Morgan fingerprint density at radius 2 is 1.54 bits per heavy atom. The van der Waals surface area contributed by atoms with Crippen molar-refractivity contribution in [3.05, 3.63) is 95.1 Å². The van der Waals surface area contributed by atoms with Crippen molar-refractivity contribution >= 4 is 5.97 Å². The predicted molar refractivity (Wildman–Crippen MR) is 106 cm³/mol. The van der Waals surface area contributed by atoms with E-state index in [1.54, 1.807) is 0 Å². The highest BCUT2D eigenvalue weighted by Gasteiger charge is 2.45. The van der Waals surface area contributed by atoms with Gasteiger partial charge in [-0.25, -0.2) is 0 Å². The van der Waals surface area contributed by atoms with Crippen LogP contribution in [-0.4, -0.2) is 23.7 Å². The number of ether oxygens (including phenoxy) is 2. The number of aliphatic carboxylic acids is 1. The van der Waals surface area contributed by atoms with Crippen LogP contribution in [0.2, 0.25) is 0 Å². The number of fused-ring (bicyclic) bond motifs is 2. The molecule has 5 heteroatoms. The van der Waals surface area contributed by atoms with E-state index in [1.807, 2.05) is 79.7 Å². The number of carbonyl (C=O) groups is 1. The molecule has 0 saturated heterocycles. The molecule has 0 amide bonds. The summed E-state index contributed by atoms with van der Waals surface area (Å²) in [6.07, 6.45) is 0. The standard InChI is InChI=1S/C23H21NO4/c1-15-10-12-16(13-11-15)23(27-14-19(24)22(25)26)17-6-2-4-8-20(17)28-21-9-5-3-7-18(21)23/h2-13,19H,14,24H2,1H3,(H,25,26)/t19-/m0/s1. The molecular formula is C23H21NO4. The summed E-state index contributed by atoms with van der Waals surface area (Å²) < 4.78 is 12.5. The van der Waals surface area contributed by atoms with Crippen molar-refractivity contribution in [2.45, 2.75) is 18.6 Å². The SMILES string of the molecule is Cc1ccc(C2(OC[C@H](N)C(=O)O)c3ccccc3Oc3ccccc32)cc1. The molecule has 1 atom stereocenters. The fourth-order valence-corrected chi connectivity index (χ4v) is 3.58. The van der Waals surface area contributed by atoms with Crippen LogP contribution >= 0.6 is 0 Å². The second-order valence-electron chi connectivity index (χ2n) is 6.90. The maximum absolute atomic E-state index is 11.3. The summed E-state index contributed by atoms with van der Waals surface area (Å²) in [5, 5.41) is 9.26. The summed E-state index contributed by atoms with van der Waals surface area (Å²) in [5.74, 6) is 0.240. The Morgan fingerprint density at radius 3 is 2.07 bits per heavy atom. The highest BCUT2D eigenvalue weighted by Crippen LogP contribution is 2.52. The molecule has 1 aliphatic heterocycles. The zero-order valence-corrected chi connectivity index (χ0v) is 15.5. The molecule has 1 aliphatic rings. The Bertz CT molecular complexity index is 968. The van der Waals surface area contributed by atoms with Crippen LogP contribution in [0.5, 0.6) is 11.5 Å². The number of carboxylic acid groups (broad SMARTS) is 1. The van der Waals surface area contributed by atoms with Gasteiger partial charge >= 0.3 is 5.97 Å². The monoisotopic (exact) mass is 375 g/mol. The molecule has 0 bridgehead atoms. The van der Waals surface area contributed by atoms with E-state index in [4.69, 9.17) is 15.2 Å². The van der Waals surface area contributed by atoms with Crippen LogP contribution in [0.25, 0.3) is 0 Å². The van der Waals surface area contributed by atoms with Crippen molar-refractivity contribution in [3.8, 4) is 11.5 Å². The predicted octanol–water partition coefficient (Wildman–Crippen LogP) is 3.82. The lowest BCUT2D eigenvalue weighted by molar-refractivity contribution is -0.141. The molecule has 142 valence electrons. The third-order valence-corrected chi connectivity index (χ3v) is 5.01. The second-order valence-corrected chi connectivity index (χ2v) is 6.90. The Morgan fingerprint density at radius 1 is 1.00 bits per heavy atom. The van der Waals surface area contributed by atoms with Crippen molar-refractivity contribution in [3.63, 3.8) is 0 Å². The van der Waals surface area contributed by atoms with Crippen LogP contribution in [0.15, 0.2) is 72.8 Å². The Balaban J connectivity index is 1.97. The molecule has 1 heterocycles. The largest absolute Gasteiger partial charge is 0.480 e. The molecule has 4 rings (SSSR count). The van der Waals surface area contributed by atoms with E-state index in [1.165, 1.54) is 0 Å². The number of nitrogens with two attached hydrogens (primary N) is 1. The van der Waals surface area contributed by atoms with Gasteiger partial charge in [0, 0.05) is 11.1 Å². The molecule has 0 radical (unpaired) electrons. The number of hydrogen-bond acceptors (Lipinski definition) is 4. The average Bonchev–Trinajstić information content (AvgIpc) is 2.71. The van der Waals surface area contributed by atoms with Crippen LogP contribution in [0.3, 0.4) is 0 Å². The van der Waals surface area contributed by atoms with Crippen molar-refractivity contribution in [2.24, 2.45) is 5.73 Å². The van der Waals surface area contributed by atoms with E-state index in [0.717, 1.165) is 22.3 Å². The Labute approximate surface area is 163 Å². The minimum absolute atomic E-state index is 0.147. The number of carboxylic acids is 1. The topological polar surface area (TPSA) is 81.8 Å². The lowest BCUT2D eigenvalue weighted by Gasteiger charge is -2.40. The fraction of sp³-hybridized carbons (Fsp3) is 0.174. The molecule has 0 spiro atoms. The molecule has 0 aliphatic carbocycles. The third-order valence-electron chi connectivity index (χ3n) is 5.01. The van der Waals surface area contributed by atoms with E-state index in [-0.39, 0.29) is 6.61 Å². The van der Waals surface area contributed by atoms with Gasteiger partial charge in [0.05, 0.1) is 6.61 Å². The first-order valence-corrected chi connectivity index (χ1v) is 9.09. The van der Waals surface area contributed by atoms with Gasteiger partial charge in [0.15, 0.2) is 5.60 Å². The molecule has 0 fully saturated rings. The average molecular weight is 375 g/mol. The number of aryl methyl sites for hydroxylation is 1. The van der Waals surface area contributed by atoms with Crippen molar-refractivity contribution in [2.75, 3.05) is 6.61 Å². The zero-order valence-electron chi connectivity index (χ0n) is 15.5. The Hall–Kier alpha value is -3.15. The highest BCUT2D eigenvalue weighted by molar-refractivity contribution is 5.73. The molecule has 3 aromatic carbocycles. The van der Waals surface area contributed by atoms with E-state index in [9.17, 15) is 9.90 Å². The molecule has 0 saturated carbocycles. The summed E-state index contributed by atoms with van der Waals surface area (Å²) in [7, 11) is 0. The van der Waals surface area contributed by atoms with E-state index in [0.29, 0.717) is 11.5 Å². The quantitative estimate of drug-likeness (QED) is 0.708. The van der Waals surface area contributed by atoms with Gasteiger partial charge < -0.3 is 20.3 Å². The minimum Gasteiger partial charge on any atom is -0.480 e. The summed E-state index contributed by atoms with van der Waals surface area (Å²) in [4.78, 5) is 11.3. The van der Waals surface area contributed by atoms with Crippen molar-refractivity contribution in [1.29, 1.82) is 0 Å². The molecule has 0 unspecified atom stereocenters. The molecule has 3 aromatic rings. The number of rotatable bonds is 5. The van der Waals surface area contributed by atoms with Crippen LogP contribution in [0.1, 0.15) is 22.3 Å². The van der Waals surface area contributed by atoms with Crippen LogP contribution in [0, 0.1) is 6.92 Å². The first kappa shape index (κ1) is 18.2. The van der Waals surface area contributed by atoms with Crippen LogP contribution < -0.4 is 10.5 Å². The lowest BCUT2D eigenvalue weighted by Crippen LogP contribution is -2.42. The number of hydrogen-bond donors (Lipinski definition) is 2. The summed E-state index contributed by atoms with van der Waals surface area (Å²) in [6.45, 7) is 1.87. The molecule has 28 heavy (non-hydrogen) atoms. The normalized spacial score (nSPS) is 15.1. The molecule has 5 nitrogen and oxygen atoms in total. The summed E-state index contributed by atoms with van der Waals surface area (Å²) in [6, 6.07) is 22.2. The van der Waals surface area contributed by atoms with Gasteiger partial charge in [-0.1, -0.05) is 66.2 Å². The van der Waals surface area contributed by atoms with E-state index < -0.39 is 17.6 Å². The van der Waals surface area contributed by atoms with Crippen molar-refractivity contribution in [1.82, 2.24) is 0 Å². The summed E-state index contributed by atoms with van der Waals surface area (Å²) in [5.41, 5.74) is 8.40. The van der Waals surface area contributed by atoms with Gasteiger partial charge in [0.25, 0.3) is 0 Å². The fourth-order valence-electron chi connectivity index (χ4n) is 3.58. The summed E-state index contributed by atoms with van der Waals surface area (Å²) >= 11 is 0. The van der Waals surface area contributed by atoms with E-state index >= 15 is 0 Å². The molecular weight excluding hydrogens is 354 g/mol. The Kier molecular flexibility index (Phi) is 4.63. The van der Waals surface area contributed by atoms with Gasteiger partial charge in [-0.05, 0) is 24.6 Å². The lowest BCUT2D eigenvalue weighted by atomic mass is 9.77. The van der Waals surface area contributed by atoms with Gasteiger partial charge in [-0.2, -0.15) is 0 Å². The van der Waals surface area contributed by atoms with Crippen LogP contribution in [0.4, 0.5) is 0 Å². The smallest absolute Gasteiger partial charge is 0.322 e. The molecule has 3 N–H and O–H groups in total. The van der Waals surface area contributed by atoms with Gasteiger partial charge in [0.1, 0.15) is 17.5 Å². The first-order chi connectivity index (χ1) is 13.5. The van der Waals surface area contributed by atoms with E-state index in [2.05, 4.69) is 0 Å². The number of para-hydroxylation sites is 2. The minimum atomic E-state index is -1.13. The first-order valence-electron chi connectivity index (χ1n) is 9.09. The van der Waals surface area contributed by atoms with Gasteiger partial charge in [-0.15, -0.1) is 0 Å². The van der Waals surface area contributed by atoms with Crippen LogP contribution in [-0.2, 0) is 15.1 Å². The zero-order chi connectivity index (χ0) is 19.7. The van der Waals surface area contributed by atoms with Gasteiger partial charge in [0.2, 0.25) is 0 Å². The maximum atomic E-state index is 11.3. The highest BCUT2D eigenvalue weighted by atomic mass is 16.5. The molecule has 0 aromatic heterocycles. The van der Waals surface area contributed by atoms with Gasteiger partial charge in [-0.3, -0.25) is 4.79 Å². The van der Waals surface area contributed by atoms with Crippen molar-refractivity contribution < 1.29 is 19.4 Å². The second kappa shape index (κ2) is 7.11. The number of benzene rings is 3. The third kappa shape index (κ3) is 2.95. The maximum Gasteiger partial charge on any atom is 0.322 e.